The SMILES string of the molecule is CCC1(NCc2ccccn2)CCC1. The minimum Gasteiger partial charge on any atom is -0.306 e. The van der Waals surface area contributed by atoms with Crippen LogP contribution < -0.4 is 5.32 Å². The Bertz CT molecular complexity index is 272. The number of hydrogen-bond acceptors (Lipinski definition) is 2. The van der Waals surface area contributed by atoms with Gasteiger partial charge in [0.1, 0.15) is 0 Å². The van der Waals surface area contributed by atoms with Crippen LogP contribution in [0.15, 0.2) is 24.4 Å². The molecule has 76 valence electrons. The molecule has 0 bridgehead atoms. The van der Waals surface area contributed by atoms with E-state index in [1.54, 1.807) is 0 Å². The molecule has 14 heavy (non-hydrogen) atoms. The average molecular weight is 190 g/mol. The largest absolute Gasteiger partial charge is 0.306 e. The first-order valence-corrected chi connectivity index (χ1v) is 5.50. The topological polar surface area (TPSA) is 24.9 Å². The average Bonchev–Trinajstić information content (AvgIpc) is 2.19. The summed E-state index contributed by atoms with van der Waals surface area (Å²) in [4.78, 5) is 4.31. The van der Waals surface area contributed by atoms with E-state index in [-0.39, 0.29) is 0 Å². The van der Waals surface area contributed by atoms with Crippen LogP contribution in [0.4, 0.5) is 0 Å². The highest BCUT2D eigenvalue weighted by Crippen LogP contribution is 2.34. The van der Waals surface area contributed by atoms with E-state index in [0.29, 0.717) is 5.54 Å². The zero-order valence-corrected chi connectivity index (χ0v) is 8.79. The van der Waals surface area contributed by atoms with Gasteiger partial charge in [0.05, 0.1) is 5.69 Å². The first-order valence-electron chi connectivity index (χ1n) is 5.50. The second-order valence-corrected chi connectivity index (χ2v) is 4.16. The fourth-order valence-electron chi connectivity index (χ4n) is 2.04. The van der Waals surface area contributed by atoms with Gasteiger partial charge in [-0.05, 0) is 37.8 Å². The summed E-state index contributed by atoms with van der Waals surface area (Å²) in [6.45, 7) is 3.18. The van der Waals surface area contributed by atoms with Crippen LogP contribution in [0.3, 0.4) is 0 Å². The Hall–Kier alpha value is -0.890. The van der Waals surface area contributed by atoms with E-state index in [4.69, 9.17) is 0 Å². The van der Waals surface area contributed by atoms with Crippen LogP contribution in [0.25, 0.3) is 0 Å². The van der Waals surface area contributed by atoms with Crippen LogP contribution in [0.5, 0.6) is 0 Å². The third-order valence-corrected chi connectivity index (χ3v) is 3.36. The lowest BCUT2D eigenvalue weighted by atomic mass is 9.75. The Morgan fingerprint density at radius 2 is 2.29 bits per heavy atom. The summed E-state index contributed by atoms with van der Waals surface area (Å²) in [6, 6.07) is 6.08. The lowest BCUT2D eigenvalue weighted by Crippen LogP contribution is -2.49. The third-order valence-electron chi connectivity index (χ3n) is 3.36. The van der Waals surface area contributed by atoms with E-state index in [2.05, 4.69) is 23.3 Å². The first-order chi connectivity index (χ1) is 6.85. The predicted molar refractivity (Wildman–Crippen MR) is 57.9 cm³/mol. The zero-order valence-electron chi connectivity index (χ0n) is 8.79. The van der Waals surface area contributed by atoms with Gasteiger partial charge in [-0.3, -0.25) is 4.98 Å². The molecule has 1 aromatic rings. The third kappa shape index (κ3) is 1.95. The quantitative estimate of drug-likeness (QED) is 0.789. The molecular formula is C12H18N2. The van der Waals surface area contributed by atoms with E-state index in [1.165, 1.54) is 25.7 Å². The lowest BCUT2D eigenvalue weighted by Gasteiger charge is -2.42. The summed E-state index contributed by atoms with van der Waals surface area (Å²) >= 11 is 0. The van der Waals surface area contributed by atoms with E-state index < -0.39 is 0 Å². The molecule has 1 N–H and O–H groups in total. The van der Waals surface area contributed by atoms with E-state index in [1.807, 2.05) is 18.3 Å². The predicted octanol–water partition coefficient (Wildman–Crippen LogP) is 2.50. The molecule has 0 radical (unpaired) electrons. The lowest BCUT2D eigenvalue weighted by molar-refractivity contribution is 0.175. The number of nitrogens with zero attached hydrogens (tertiary/aromatic N) is 1. The smallest absolute Gasteiger partial charge is 0.0541 e. The van der Waals surface area contributed by atoms with Crippen molar-refractivity contribution in [1.29, 1.82) is 0 Å². The van der Waals surface area contributed by atoms with Gasteiger partial charge >= 0.3 is 0 Å². The Labute approximate surface area is 85.7 Å². The Balaban J connectivity index is 1.88. The van der Waals surface area contributed by atoms with Crippen molar-refractivity contribution >= 4 is 0 Å². The number of hydrogen-bond donors (Lipinski definition) is 1. The Morgan fingerprint density at radius 1 is 1.43 bits per heavy atom. The molecular weight excluding hydrogens is 172 g/mol. The summed E-state index contributed by atoms with van der Waals surface area (Å²) in [5.41, 5.74) is 1.57. The highest BCUT2D eigenvalue weighted by Gasteiger charge is 2.34. The monoisotopic (exact) mass is 190 g/mol. The minimum atomic E-state index is 0.428. The van der Waals surface area contributed by atoms with E-state index >= 15 is 0 Å². The Kier molecular flexibility index (Phi) is 2.82. The van der Waals surface area contributed by atoms with Crippen molar-refractivity contribution in [2.45, 2.75) is 44.7 Å². The number of rotatable bonds is 4. The molecule has 0 saturated heterocycles. The standard InChI is InChI=1S/C12H18N2/c1-2-12(7-5-8-12)14-10-11-6-3-4-9-13-11/h3-4,6,9,14H,2,5,7-8,10H2,1H3. The summed E-state index contributed by atoms with van der Waals surface area (Å²) < 4.78 is 0. The summed E-state index contributed by atoms with van der Waals surface area (Å²) in [5.74, 6) is 0. The molecule has 1 aromatic heterocycles. The molecule has 0 unspecified atom stereocenters. The Morgan fingerprint density at radius 3 is 2.79 bits per heavy atom. The zero-order chi connectivity index (χ0) is 9.86. The van der Waals surface area contributed by atoms with Crippen LogP contribution in [-0.4, -0.2) is 10.5 Å². The maximum absolute atomic E-state index is 4.31. The summed E-state index contributed by atoms with van der Waals surface area (Å²) in [6.07, 6.45) is 7.13. The van der Waals surface area contributed by atoms with Crippen molar-refractivity contribution < 1.29 is 0 Å². The van der Waals surface area contributed by atoms with Crippen molar-refractivity contribution in [1.82, 2.24) is 10.3 Å². The molecule has 0 atom stereocenters. The van der Waals surface area contributed by atoms with Crippen molar-refractivity contribution in [3.05, 3.63) is 30.1 Å². The molecule has 1 aliphatic carbocycles. The molecule has 2 heteroatoms. The second kappa shape index (κ2) is 4.09. The van der Waals surface area contributed by atoms with Gasteiger partial charge in [-0.25, -0.2) is 0 Å². The minimum absolute atomic E-state index is 0.428. The second-order valence-electron chi connectivity index (χ2n) is 4.16. The highest BCUT2D eigenvalue weighted by atomic mass is 15.0. The van der Waals surface area contributed by atoms with Gasteiger partial charge in [0.15, 0.2) is 0 Å². The normalized spacial score (nSPS) is 18.9. The van der Waals surface area contributed by atoms with Crippen LogP contribution >= 0.6 is 0 Å². The fourth-order valence-corrected chi connectivity index (χ4v) is 2.04. The number of aromatic nitrogens is 1. The summed E-state index contributed by atoms with van der Waals surface area (Å²) in [7, 11) is 0. The van der Waals surface area contributed by atoms with Gasteiger partial charge in [0.25, 0.3) is 0 Å². The molecule has 0 amide bonds. The number of nitrogens with one attached hydrogen (secondary N) is 1. The molecule has 1 fully saturated rings. The van der Waals surface area contributed by atoms with E-state index in [0.717, 1.165) is 12.2 Å². The maximum Gasteiger partial charge on any atom is 0.0541 e. The van der Waals surface area contributed by atoms with Gasteiger partial charge < -0.3 is 5.32 Å². The molecule has 2 nitrogen and oxygen atoms in total. The van der Waals surface area contributed by atoms with Crippen LogP contribution in [0.2, 0.25) is 0 Å². The van der Waals surface area contributed by atoms with Crippen LogP contribution in [0, 0.1) is 0 Å². The van der Waals surface area contributed by atoms with Gasteiger partial charge in [0, 0.05) is 18.3 Å². The molecule has 0 spiro atoms. The van der Waals surface area contributed by atoms with Crippen molar-refractivity contribution in [3.63, 3.8) is 0 Å². The summed E-state index contributed by atoms with van der Waals surface area (Å²) in [5, 5.41) is 3.64. The fraction of sp³-hybridized carbons (Fsp3) is 0.583. The molecule has 1 heterocycles. The molecule has 1 saturated carbocycles. The van der Waals surface area contributed by atoms with Crippen molar-refractivity contribution in [2.24, 2.45) is 0 Å². The van der Waals surface area contributed by atoms with E-state index in [9.17, 15) is 0 Å². The molecule has 0 aromatic carbocycles. The van der Waals surface area contributed by atoms with Gasteiger partial charge in [-0.2, -0.15) is 0 Å². The van der Waals surface area contributed by atoms with Crippen molar-refractivity contribution in [2.75, 3.05) is 0 Å². The maximum atomic E-state index is 4.31. The molecule has 1 aliphatic rings. The molecule has 2 rings (SSSR count). The highest BCUT2D eigenvalue weighted by molar-refractivity contribution is 5.05. The van der Waals surface area contributed by atoms with Crippen molar-refractivity contribution in [3.8, 4) is 0 Å². The van der Waals surface area contributed by atoms with Gasteiger partial charge in [0.2, 0.25) is 0 Å². The van der Waals surface area contributed by atoms with Gasteiger partial charge in [-0.15, -0.1) is 0 Å². The number of pyridine rings is 1. The van der Waals surface area contributed by atoms with Crippen LogP contribution in [-0.2, 0) is 6.54 Å². The molecule has 0 aliphatic heterocycles. The first kappa shape index (κ1) is 9.66. The van der Waals surface area contributed by atoms with Gasteiger partial charge in [-0.1, -0.05) is 13.0 Å². The van der Waals surface area contributed by atoms with Crippen LogP contribution in [0.1, 0.15) is 38.3 Å².